The molecule has 0 spiro atoms. The van der Waals surface area contributed by atoms with E-state index in [-0.39, 0.29) is 40.0 Å². The fourth-order valence-corrected chi connectivity index (χ4v) is 4.29. The van der Waals surface area contributed by atoms with Gasteiger partial charge in [-0.2, -0.15) is 0 Å². The molecule has 3 rings (SSSR count). The molecule has 0 saturated carbocycles. The van der Waals surface area contributed by atoms with Gasteiger partial charge in [-0.1, -0.05) is 0 Å². The number of hydrogen-bond donors (Lipinski definition) is 4. The number of hydrazine groups is 1. The molecule has 1 aliphatic rings. The number of nitrogens with one attached hydrogen (secondary N) is 4. The van der Waals surface area contributed by atoms with E-state index in [2.05, 4.69) is 59.1 Å². The Morgan fingerprint density at radius 2 is 1.58 bits per heavy atom. The lowest BCUT2D eigenvalue weighted by molar-refractivity contribution is -0.384. The summed E-state index contributed by atoms with van der Waals surface area (Å²) in [5, 5.41) is 29.3. The third-order valence-electron chi connectivity index (χ3n) is 5.17. The van der Waals surface area contributed by atoms with Crippen molar-refractivity contribution in [3.63, 3.8) is 0 Å². The minimum atomic E-state index is -0.644. The maximum atomic E-state index is 12.3. The van der Waals surface area contributed by atoms with E-state index in [9.17, 15) is 25.0 Å². The SMILES string of the molecule is CC1(C)CC(Nc2ncnc(NNC(=O)c3ccc([N+](=O)[O-])cc3)c2[N+](=O)[O-])CC(C)(C)N1. The first-order valence-electron chi connectivity index (χ1n) is 10.2. The van der Waals surface area contributed by atoms with Gasteiger partial charge in [0.1, 0.15) is 6.33 Å². The van der Waals surface area contributed by atoms with Crippen LogP contribution in [-0.4, -0.2) is 42.8 Å². The monoisotopic (exact) mass is 458 g/mol. The average molecular weight is 458 g/mol. The quantitative estimate of drug-likeness (QED) is 0.356. The van der Waals surface area contributed by atoms with Crippen LogP contribution >= 0.6 is 0 Å². The second-order valence-electron chi connectivity index (χ2n) is 9.20. The lowest BCUT2D eigenvalue weighted by atomic mass is 9.79. The summed E-state index contributed by atoms with van der Waals surface area (Å²) in [6, 6.07) is 4.85. The molecule has 33 heavy (non-hydrogen) atoms. The van der Waals surface area contributed by atoms with Crippen molar-refractivity contribution in [2.45, 2.75) is 57.7 Å². The number of aromatic nitrogens is 2. The molecule has 1 fully saturated rings. The van der Waals surface area contributed by atoms with E-state index in [1.807, 2.05) is 0 Å². The van der Waals surface area contributed by atoms with Crippen LogP contribution in [0.15, 0.2) is 30.6 Å². The van der Waals surface area contributed by atoms with Gasteiger partial charge in [-0.15, -0.1) is 0 Å². The molecule has 1 aromatic carbocycles. The molecule has 0 unspecified atom stereocenters. The highest BCUT2D eigenvalue weighted by Crippen LogP contribution is 2.34. The minimum absolute atomic E-state index is 0.0422. The Balaban J connectivity index is 1.77. The van der Waals surface area contributed by atoms with Gasteiger partial charge in [0.05, 0.1) is 9.85 Å². The van der Waals surface area contributed by atoms with E-state index in [4.69, 9.17) is 0 Å². The number of carbonyl (C=O) groups is 1. The lowest BCUT2D eigenvalue weighted by Crippen LogP contribution is -2.60. The topological polar surface area (TPSA) is 177 Å². The highest BCUT2D eigenvalue weighted by Gasteiger charge is 2.38. The van der Waals surface area contributed by atoms with Crippen LogP contribution in [-0.2, 0) is 0 Å². The molecule has 1 amide bonds. The third-order valence-corrected chi connectivity index (χ3v) is 5.17. The number of benzene rings is 1. The number of nitro groups is 2. The Morgan fingerprint density at radius 3 is 2.12 bits per heavy atom. The van der Waals surface area contributed by atoms with Crippen molar-refractivity contribution >= 4 is 28.9 Å². The maximum absolute atomic E-state index is 12.3. The van der Waals surface area contributed by atoms with E-state index in [1.54, 1.807) is 0 Å². The smallest absolute Gasteiger partial charge is 0.354 e. The molecule has 2 heterocycles. The van der Waals surface area contributed by atoms with Crippen molar-refractivity contribution in [1.29, 1.82) is 0 Å². The Hall–Kier alpha value is -3.87. The van der Waals surface area contributed by atoms with Crippen LogP contribution in [0.1, 0.15) is 50.9 Å². The molecule has 1 aromatic heterocycles. The number of non-ortho nitro benzene ring substituents is 1. The van der Waals surface area contributed by atoms with Gasteiger partial charge >= 0.3 is 5.69 Å². The van der Waals surface area contributed by atoms with Crippen molar-refractivity contribution < 1.29 is 14.6 Å². The van der Waals surface area contributed by atoms with Crippen molar-refractivity contribution in [2.24, 2.45) is 0 Å². The maximum Gasteiger partial charge on any atom is 0.354 e. The van der Waals surface area contributed by atoms with E-state index in [1.165, 1.54) is 24.3 Å². The largest absolute Gasteiger partial charge is 0.361 e. The molecule has 4 N–H and O–H groups in total. The number of anilines is 2. The number of amides is 1. The van der Waals surface area contributed by atoms with Gasteiger partial charge in [0.15, 0.2) is 0 Å². The molecule has 2 aromatic rings. The average Bonchev–Trinajstić information content (AvgIpc) is 2.69. The first-order valence-corrected chi connectivity index (χ1v) is 10.2. The Labute approximate surface area is 189 Å². The lowest BCUT2D eigenvalue weighted by Gasteiger charge is -2.46. The second kappa shape index (κ2) is 8.94. The molecule has 0 aliphatic carbocycles. The molecular formula is C20H26N8O5. The summed E-state index contributed by atoms with van der Waals surface area (Å²) < 4.78 is 0. The number of carbonyl (C=O) groups excluding carboxylic acids is 1. The predicted molar refractivity (Wildman–Crippen MR) is 121 cm³/mol. The zero-order chi connectivity index (χ0) is 24.4. The summed E-state index contributed by atoms with van der Waals surface area (Å²) >= 11 is 0. The molecule has 0 atom stereocenters. The van der Waals surface area contributed by atoms with Crippen LogP contribution in [0.5, 0.6) is 0 Å². The number of nitro benzene ring substituents is 1. The van der Waals surface area contributed by atoms with Gasteiger partial charge in [0.25, 0.3) is 11.6 Å². The molecule has 0 radical (unpaired) electrons. The second-order valence-corrected chi connectivity index (χ2v) is 9.20. The molecule has 1 aliphatic heterocycles. The number of nitrogens with zero attached hydrogens (tertiary/aromatic N) is 4. The molecular weight excluding hydrogens is 432 g/mol. The summed E-state index contributed by atoms with van der Waals surface area (Å²) in [5.41, 5.74) is 3.99. The van der Waals surface area contributed by atoms with Crippen LogP contribution < -0.4 is 21.5 Å². The fraction of sp³-hybridized carbons (Fsp3) is 0.450. The standard InChI is InChI=1S/C20H26N8O5/c1-19(2)9-13(10-20(3,4)26-19)23-16-15(28(32)33)17(22-11-21-16)24-25-18(29)12-5-7-14(8-6-12)27(30)31/h5-8,11,13,26H,9-10H2,1-4H3,(H,25,29)(H2,21,22,23,24). The molecule has 13 heteroatoms. The normalized spacial score (nSPS) is 17.1. The summed E-state index contributed by atoms with van der Waals surface area (Å²) in [5.74, 6) is -0.796. The fourth-order valence-electron chi connectivity index (χ4n) is 4.29. The molecule has 13 nitrogen and oxygen atoms in total. The van der Waals surface area contributed by atoms with Crippen LogP contribution in [0.3, 0.4) is 0 Å². The van der Waals surface area contributed by atoms with Gasteiger partial charge in [0.2, 0.25) is 11.6 Å². The van der Waals surface area contributed by atoms with Crippen molar-refractivity contribution in [2.75, 3.05) is 10.7 Å². The highest BCUT2D eigenvalue weighted by molar-refractivity contribution is 5.95. The predicted octanol–water partition coefficient (Wildman–Crippen LogP) is 2.77. The van der Waals surface area contributed by atoms with Crippen molar-refractivity contribution in [3.8, 4) is 0 Å². The first-order chi connectivity index (χ1) is 15.4. The Morgan fingerprint density at radius 1 is 1.00 bits per heavy atom. The van der Waals surface area contributed by atoms with Crippen LogP contribution in [0, 0.1) is 20.2 Å². The zero-order valence-corrected chi connectivity index (χ0v) is 18.7. The Kier molecular flexibility index (Phi) is 6.44. The van der Waals surface area contributed by atoms with Crippen molar-refractivity contribution in [1.82, 2.24) is 20.7 Å². The highest BCUT2D eigenvalue weighted by atomic mass is 16.6. The van der Waals surface area contributed by atoms with Gasteiger partial charge < -0.3 is 10.6 Å². The summed E-state index contributed by atoms with van der Waals surface area (Å²) in [6.07, 6.45) is 2.60. The van der Waals surface area contributed by atoms with E-state index >= 15 is 0 Å². The summed E-state index contributed by atoms with van der Waals surface area (Å²) in [7, 11) is 0. The first kappa shape index (κ1) is 23.8. The van der Waals surface area contributed by atoms with Gasteiger partial charge in [0, 0.05) is 34.8 Å². The van der Waals surface area contributed by atoms with Crippen molar-refractivity contribution in [3.05, 3.63) is 56.4 Å². The zero-order valence-electron chi connectivity index (χ0n) is 18.7. The Bertz CT molecular complexity index is 1050. The third kappa shape index (κ3) is 5.88. The summed E-state index contributed by atoms with van der Waals surface area (Å²) in [6.45, 7) is 8.27. The van der Waals surface area contributed by atoms with Crippen LogP contribution in [0.4, 0.5) is 23.0 Å². The number of rotatable bonds is 7. The van der Waals surface area contributed by atoms with Gasteiger partial charge in [-0.3, -0.25) is 35.9 Å². The molecule has 0 bridgehead atoms. The van der Waals surface area contributed by atoms with Gasteiger partial charge in [-0.05, 0) is 52.7 Å². The van der Waals surface area contributed by atoms with E-state index in [0.29, 0.717) is 0 Å². The van der Waals surface area contributed by atoms with E-state index < -0.39 is 21.4 Å². The van der Waals surface area contributed by atoms with Gasteiger partial charge in [-0.25, -0.2) is 9.97 Å². The van der Waals surface area contributed by atoms with Crippen LogP contribution in [0.25, 0.3) is 0 Å². The summed E-state index contributed by atoms with van der Waals surface area (Å²) in [4.78, 5) is 41.7. The van der Waals surface area contributed by atoms with Crippen LogP contribution in [0.2, 0.25) is 0 Å². The number of piperidine rings is 1. The number of hydrogen-bond acceptors (Lipinski definition) is 10. The van der Waals surface area contributed by atoms with E-state index in [0.717, 1.165) is 19.2 Å². The molecule has 176 valence electrons. The minimum Gasteiger partial charge on any atom is -0.361 e. The molecule has 1 saturated heterocycles.